The third-order valence-corrected chi connectivity index (χ3v) is 4.40. The van der Waals surface area contributed by atoms with E-state index in [1.807, 2.05) is 0 Å². The van der Waals surface area contributed by atoms with E-state index in [9.17, 15) is 4.79 Å². The average molecular weight is 253 g/mol. The molecule has 0 N–H and O–H groups in total. The Hall–Kier alpha value is -0.370. The fraction of sp³-hybridized carbons (Fsp3) is 0.938. The molecule has 0 saturated carbocycles. The van der Waals surface area contributed by atoms with E-state index in [-0.39, 0.29) is 0 Å². The zero-order chi connectivity index (χ0) is 13.4. The number of rotatable bonds is 8. The Morgan fingerprint density at radius 2 is 1.67 bits per heavy atom. The number of unbranched alkanes of at least 4 members (excludes halogenated alkanes) is 6. The zero-order valence-electron chi connectivity index (χ0n) is 12.6. The van der Waals surface area contributed by atoms with Crippen molar-refractivity contribution < 1.29 is 4.79 Å². The molecule has 1 heterocycles. The summed E-state index contributed by atoms with van der Waals surface area (Å²) < 4.78 is 0. The molecular formula is C16H31NO. The fourth-order valence-corrected chi connectivity index (χ4v) is 2.97. The van der Waals surface area contributed by atoms with Crippen LogP contribution in [-0.2, 0) is 4.79 Å². The predicted octanol–water partition coefficient (Wildman–Crippen LogP) is 4.18. The lowest BCUT2D eigenvalue weighted by Crippen LogP contribution is -2.45. The molecule has 0 spiro atoms. The van der Waals surface area contributed by atoms with Gasteiger partial charge in [-0.3, -0.25) is 9.69 Å². The lowest BCUT2D eigenvalue weighted by atomic mass is 9.92. The van der Waals surface area contributed by atoms with Gasteiger partial charge in [-0.1, -0.05) is 51.9 Å². The Morgan fingerprint density at radius 1 is 1.06 bits per heavy atom. The SMILES string of the molecule is CCCCCCCCCC1CC(=O)CC(C)N1C. The Bertz CT molecular complexity index is 239. The van der Waals surface area contributed by atoms with Crippen LogP contribution in [0.5, 0.6) is 0 Å². The molecule has 106 valence electrons. The maximum Gasteiger partial charge on any atom is 0.136 e. The number of ketones is 1. The van der Waals surface area contributed by atoms with Crippen molar-refractivity contribution in [2.24, 2.45) is 0 Å². The van der Waals surface area contributed by atoms with Crippen LogP contribution in [0.1, 0.15) is 78.1 Å². The van der Waals surface area contributed by atoms with Crippen LogP contribution >= 0.6 is 0 Å². The zero-order valence-corrected chi connectivity index (χ0v) is 12.6. The van der Waals surface area contributed by atoms with E-state index in [1.54, 1.807) is 0 Å². The van der Waals surface area contributed by atoms with Gasteiger partial charge in [-0.2, -0.15) is 0 Å². The van der Waals surface area contributed by atoms with Crippen LogP contribution in [0.15, 0.2) is 0 Å². The van der Waals surface area contributed by atoms with Crippen molar-refractivity contribution in [3.63, 3.8) is 0 Å². The molecule has 1 fully saturated rings. The van der Waals surface area contributed by atoms with Gasteiger partial charge >= 0.3 is 0 Å². The summed E-state index contributed by atoms with van der Waals surface area (Å²) in [7, 11) is 2.18. The molecule has 1 rings (SSSR count). The minimum atomic E-state index is 0.445. The maximum absolute atomic E-state index is 11.6. The highest BCUT2D eigenvalue weighted by atomic mass is 16.1. The monoisotopic (exact) mass is 253 g/mol. The molecule has 2 unspecified atom stereocenters. The molecular weight excluding hydrogens is 222 g/mol. The summed E-state index contributed by atoms with van der Waals surface area (Å²) in [5.41, 5.74) is 0. The molecule has 0 amide bonds. The lowest BCUT2D eigenvalue weighted by molar-refractivity contribution is -0.124. The van der Waals surface area contributed by atoms with Gasteiger partial charge in [0.25, 0.3) is 0 Å². The van der Waals surface area contributed by atoms with E-state index in [0.717, 1.165) is 12.8 Å². The molecule has 0 bridgehead atoms. The number of hydrogen-bond acceptors (Lipinski definition) is 2. The van der Waals surface area contributed by atoms with Gasteiger partial charge in [0.15, 0.2) is 0 Å². The quantitative estimate of drug-likeness (QED) is 0.605. The van der Waals surface area contributed by atoms with Crippen molar-refractivity contribution in [3.05, 3.63) is 0 Å². The summed E-state index contributed by atoms with van der Waals surface area (Å²) in [5, 5.41) is 0. The van der Waals surface area contributed by atoms with Crippen molar-refractivity contribution in [1.82, 2.24) is 4.90 Å². The minimum absolute atomic E-state index is 0.445. The molecule has 18 heavy (non-hydrogen) atoms. The minimum Gasteiger partial charge on any atom is -0.300 e. The van der Waals surface area contributed by atoms with Crippen molar-refractivity contribution in [1.29, 1.82) is 0 Å². The maximum atomic E-state index is 11.6. The van der Waals surface area contributed by atoms with Crippen LogP contribution < -0.4 is 0 Å². The first-order valence-corrected chi connectivity index (χ1v) is 7.88. The second-order valence-electron chi connectivity index (χ2n) is 6.03. The van der Waals surface area contributed by atoms with Crippen LogP contribution in [0, 0.1) is 0 Å². The number of carbonyl (C=O) groups is 1. The van der Waals surface area contributed by atoms with E-state index < -0.39 is 0 Å². The van der Waals surface area contributed by atoms with Gasteiger partial charge in [0, 0.05) is 24.9 Å². The van der Waals surface area contributed by atoms with Crippen LogP contribution in [0.3, 0.4) is 0 Å². The van der Waals surface area contributed by atoms with E-state index in [1.165, 1.54) is 51.4 Å². The first-order valence-electron chi connectivity index (χ1n) is 7.88. The molecule has 0 aromatic heterocycles. The summed E-state index contributed by atoms with van der Waals surface area (Å²) in [4.78, 5) is 14.0. The lowest BCUT2D eigenvalue weighted by Gasteiger charge is -2.37. The van der Waals surface area contributed by atoms with Crippen LogP contribution in [0.25, 0.3) is 0 Å². The van der Waals surface area contributed by atoms with Gasteiger partial charge < -0.3 is 0 Å². The third-order valence-electron chi connectivity index (χ3n) is 4.40. The second-order valence-corrected chi connectivity index (χ2v) is 6.03. The Morgan fingerprint density at radius 3 is 2.33 bits per heavy atom. The largest absolute Gasteiger partial charge is 0.300 e. The molecule has 0 aromatic carbocycles. The molecule has 1 saturated heterocycles. The molecule has 0 aromatic rings. The van der Waals surface area contributed by atoms with E-state index in [0.29, 0.717) is 17.9 Å². The summed E-state index contributed by atoms with van der Waals surface area (Å²) in [5.74, 6) is 0.466. The summed E-state index contributed by atoms with van der Waals surface area (Å²) in [6.07, 6.45) is 12.3. The number of Topliss-reactive ketones (excluding diaryl/α,β-unsaturated/α-hetero) is 1. The summed E-state index contributed by atoms with van der Waals surface area (Å²) >= 11 is 0. The third kappa shape index (κ3) is 5.51. The van der Waals surface area contributed by atoms with Crippen molar-refractivity contribution >= 4 is 5.78 Å². The fourth-order valence-electron chi connectivity index (χ4n) is 2.97. The first kappa shape index (κ1) is 15.7. The van der Waals surface area contributed by atoms with Gasteiger partial charge in [-0.25, -0.2) is 0 Å². The molecule has 0 aliphatic carbocycles. The second kappa shape index (κ2) is 8.68. The number of piperidine rings is 1. The number of carbonyl (C=O) groups excluding carboxylic acids is 1. The van der Waals surface area contributed by atoms with Crippen LogP contribution in [0.4, 0.5) is 0 Å². The normalized spacial score (nSPS) is 25.6. The molecule has 2 atom stereocenters. The summed E-state index contributed by atoms with van der Waals surface area (Å²) in [6, 6.07) is 0.956. The predicted molar refractivity (Wildman–Crippen MR) is 77.9 cm³/mol. The van der Waals surface area contributed by atoms with Crippen LogP contribution in [-0.4, -0.2) is 29.8 Å². The number of likely N-dealkylation sites (tertiary alicyclic amines) is 1. The smallest absolute Gasteiger partial charge is 0.136 e. The Labute approximate surface area is 113 Å². The molecule has 2 heteroatoms. The van der Waals surface area contributed by atoms with Crippen molar-refractivity contribution in [2.75, 3.05) is 7.05 Å². The molecule has 2 nitrogen and oxygen atoms in total. The van der Waals surface area contributed by atoms with Gasteiger partial charge in [-0.05, 0) is 20.4 Å². The average Bonchev–Trinajstić information content (AvgIpc) is 2.33. The number of hydrogen-bond donors (Lipinski definition) is 0. The summed E-state index contributed by atoms with van der Waals surface area (Å²) in [6.45, 7) is 4.44. The van der Waals surface area contributed by atoms with Gasteiger partial charge in [0.05, 0.1) is 0 Å². The van der Waals surface area contributed by atoms with E-state index in [4.69, 9.17) is 0 Å². The Kier molecular flexibility index (Phi) is 7.57. The van der Waals surface area contributed by atoms with Crippen molar-refractivity contribution in [3.8, 4) is 0 Å². The molecule has 0 radical (unpaired) electrons. The Balaban J connectivity index is 2.09. The molecule has 1 aliphatic heterocycles. The van der Waals surface area contributed by atoms with Gasteiger partial charge in [0.1, 0.15) is 5.78 Å². The van der Waals surface area contributed by atoms with E-state index in [2.05, 4.69) is 25.8 Å². The topological polar surface area (TPSA) is 20.3 Å². The van der Waals surface area contributed by atoms with Gasteiger partial charge in [0.2, 0.25) is 0 Å². The van der Waals surface area contributed by atoms with E-state index >= 15 is 0 Å². The highest BCUT2D eigenvalue weighted by Gasteiger charge is 2.28. The van der Waals surface area contributed by atoms with Gasteiger partial charge in [-0.15, -0.1) is 0 Å². The molecule has 1 aliphatic rings. The van der Waals surface area contributed by atoms with Crippen LogP contribution in [0.2, 0.25) is 0 Å². The standard InChI is InChI=1S/C16H31NO/c1-4-5-6-7-8-9-10-11-15-13-16(18)12-14(2)17(15)3/h14-15H,4-13H2,1-3H3. The first-order chi connectivity index (χ1) is 8.65. The highest BCUT2D eigenvalue weighted by molar-refractivity contribution is 5.80. The van der Waals surface area contributed by atoms with Crippen molar-refractivity contribution in [2.45, 2.75) is 90.1 Å². The number of nitrogens with zero attached hydrogens (tertiary/aromatic N) is 1. The highest BCUT2D eigenvalue weighted by Crippen LogP contribution is 2.22.